The zero-order chi connectivity index (χ0) is 33.0. The standard InChI is InChI=1S/C48H36N2/c1-4-14-33(15-5-1)36-24-26-39(27-25-36)49-45-23-13-11-21-43(45)47-46(49)29-28-42-41-20-10-12-22-44(41)50(48(42)47)40-31-37(34-16-6-2-7-17-34)30-38(32-40)35-18-8-3-9-19-35/h1-8,10-18,20-27,30-32H,9,19,28-29H2. The summed E-state index contributed by atoms with van der Waals surface area (Å²) in [7, 11) is 0. The zero-order valence-corrected chi connectivity index (χ0v) is 27.9. The molecule has 50 heavy (non-hydrogen) atoms. The zero-order valence-electron chi connectivity index (χ0n) is 27.9. The summed E-state index contributed by atoms with van der Waals surface area (Å²) in [5.41, 5.74) is 18.1. The molecule has 2 heterocycles. The van der Waals surface area contributed by atoms with Crippen LogP contribution in [0.25, 0.3) is 72.3 Å². The smallest absolute Gasteiger partial charge is 0.0597 e. The normalized spacial score (nSPS) is 13.7. The molecule has 0 fully saturated rings. The van der Waals surface area contributed by atoms with Crippen LogP contribution in [0, 0.1) is 0 Å². The van der Waals surface area contributed by atoms with Gasteiger partial charge in [-0.25, -0.2) is 0 Å². The van der Waals surface area contributed by atoms with Crippen LogP contribution in [0.3, 0.4) is 0 Å². The minimum Gasteiger partial charge on any atom is -0.313 e. The first-order chi connectivity index (χ1) is 24.8. The number of hydrogen-bond acceptors (Lipinski definition) is 0. The van der Waals surface area contributed by atoms with Gasteiger partial charge in [-0.3, -0.25) is 0 Å². The topological polar surface area (TPSA) is 9.86 Å². The largest absolute Gasteiger partial charge is 0.313 e. The molecule has 0 bridgehead atoms. The lowest BCUT2D eigenvalue weighted by molar-refractivity contribution is 0.863. The summed E-state index contributed by atoms with van der Waals surface area (Å²) in [6.45, 7) is 0. The molecule has 8 aromatic rings. The maximum Gasteiger partial charge on any atom is 0.0597 e. The van der Waals surface area contributed by atoms with E-state index in [2.05, 4.69) is 179 Å². The Hall–Kier alpha value is -6.12. The average molecular weight is 641 g/mol. The van der Waals surface area contributed by atoms with Crippen LogP contribution < -0.4 is 0 Å². The average Bonchev–Trinajstić information content (AvgIpc) is 3.72. The minimum atomic E-state index is 0.986. The van der Waals surface area contributed by atoms with Crippen LogP contribution in [0.1, 0.15) is 29.7 Å². The van der Waals surface area contributed by atoms with Gasteiger partial charge in [0, 0.05) is 33.4 Å². The first kappa shape index (κ1) is 28.9. The summed E-state index contributed by atoms with van der Waals surface area (Å²) in [5, 5.41) is 2.66. The fourth-order valence-electron chi connectivity index (χ4n) is 8.42. The van der Waals surface area contributed by atoms with Crippen LogP contribution >= 0.6 is 0 Å². The third-order valence-corrected chi connectivity index (χ3v) is 10.7. The number of rotatable bonds is 5. The number of aromatic nitrogens is 2. The Morgan fingerprint density at radius 2 is 1.06 bits per heavy atom. The molecule has 2 aliphatic carbocycles. The molecular formula is C48H36N2. The van der Waals surface area contributed by atoms with Crippen molar-refractivity contribution in [2.24, 2.45) is 0 Å². The van der Waals surface area contributed by atoms with Gasteiger partial charge in [0.2, 0.25) is 0 Å². The molecule has 0 saturated heterocycles. The molecule has 0 radical (unpaired) electrons. The van der Waals surface area contributed by atoms with Crippen molar-refractivity contribution in [1.82, 2.24) is 9.13 Å². The van der Waals surface area contributed by atoms with Crippen LogP contribution in [0.15, 0.2) is 170 Å². The predicted molar refractivity (Wildman–Crippen MR) is 210 cm³/mol. The van der Waals surface area contributed by atoms with Crippen LogP contribution in [0.5, 0.6) is 0 Å². The molecule has 0 N–H and O–H groups in total. The molecule has 2 heteroatoms. The number of aryl methyl sites for hydroxylation is 1. The Kier molecular flexibility index (Phi) is 6.80. The lowest BCUT2D eigenvalue weighted by Crippen LogP contribution is -2.10. The molecule has 0 saturated carbocycles. The number of allylic oxidation sites excluding steroid dienone is 4. The van der Waals surface area contributed by atoms with Gasteiger partial charge in [-0.1, -0.05) is 127 Å². The maximum absolute atomic E-state index is 2.58. The summed E-state index contributed by atoms with van der Waals surface area (Å²) in [4.78, 5) is 0. The van der Waals surface area contributed by atoms with Crippen LogP contribution in [0.2, 0.25) is 0 Å². The molecule has 0 aliphatic heterocycles. The van der Waals surface area contributed by atoms with Gasteiger partial charge >= 0.3 is 0 Å². The van der Waals surface area contributed by atoms with Crippen molar-refractivity contribution in [1.29, 1.82) is 0 Å². The van der Waals surface area contributed by atoms with Crippen molar-refractivity contribution in [2.75, 3.05) is 0 Å². The molecule has 6 aromatic carbocycles. The highest BCUT2D eigenvalue weighted by atomic mass is 15.0. The highest BCUT2D eigenvalue weighted by molar-refractivity contribution is 6.05. The molecule has 2 aliphatic rings. The molecule has 0 spiro atoms. The molecular weight excluding hydrogens is 605 g/mol. The minimum absolute atomic E-state index is 0.986. The van der Waals surface area contributed by atoms with Gasteiger partial charge in [0.25, 0.3) is 0 Å². The number of hydrogen-bond donors (Lipinski definition) is 0. The van der Waals surface area contributed by atoms with E-state index in [0.717, 1.165) is 25.7 Å². The third kappa shape index (κ3) is 4.64. The quantitative estimate of drug-likeness (QED) is 0.177. The molecule has 0 amide bonds. The number of fused-ring (bicyclic) bond motifs is 7. The van der Waals surface area contributed by atoms with Crippen molar-refractivity contribution >= 4 is 27.4 Å². The summed E-state index contributed by atoms with van der Waals surface area (Å²) in [6.07, 6.45) is 10.9. The van der Waals surface area contributed by atoms with Gasteiger partial charge in [-0.2, -0.15) is 0 Å². The van der Waals surface area contributed by atoms with Crippen molar-refractivity contribution in [3.05, 3.63) is 187 Å². The van der Waals surface area contributed by atoms with E-state index in [0.29, 0.717) is 0 Å². The van der Waals surface area contributed by atoms with E-state index in [1.54, 1.807) is 0 Å². The Balaban J connectivity index is 1.24. The number of nitrogens with zero attached hydrogens (tertiary/aromatic N) is 2. The summed E-state index contributed by atoms with van der Waals surface area (Å²) in [5.74, 6) is 0. The highest BCUT2D eigenvalue weighted by Crippen LogP contribution is 2.47. The van der Waals surface area contributed by atoms with Crippen LogP contribution in [-0.4, -0.2) is 9.13 Å². The van der Waals surface area contributed by atoms with Gasteiger partial charge in [0.1, 0.15) is 0 Å². The summed E-state index contributed by atoms with van der Waals surface area (Å²) < 4.78 is 5.10. The summed E-state index contributed by atoms with van der Waals surface area (Å²) >= 11 is 0. The van der Waals surface area contributed by atoms with Gasteiger partial charge in [0.05, 0.1) is 16.7 Å². The van der Waals surface area contributed by atoms with Crippen LogP contribution in [0.4, 0.5) is 0 Å². The van der Waals surface area contributed by atoms with E-state index in [-0.39, 0.29) is 0 Å². The molecule has 2 aromatic heterocycles. The second-order valence-corrected chi connectivity index (χ2v) is 13.6. The van der Waals surface area contributed by atoms with E-state index in [9.17, 15) is 0 Å². The molecule has 2 nitrogen and oxygen atoms in total. The van der Waals surface area contributed by atoms with Gasteiger partial charge in [-0.15, -0.1) is 0 Å². The number of para-hydroxylation sites is 2. The fourth-order valence-corrected chi connectivity index (χ4v) is 8.42. The Morgan fingerprint density at radius 1 is 0.440 bits per heavy atom. The lowest BCUT2D eigenvalue weighted by atomic mass is 9.91. The van der Waals surface area contributed by atoms with Crippen molar-refractivity contribution in [2.45, 2.75) is 25.7 Å². The first-order valence-corrected chi connectivity index (χ1v) is 17.8. The Morgan fingerprint density at radius 3 is 1.78 bits per heavy atom. The van der Waals surface area contributed by atoms with Gasteiger partial charge in [0.15, 0.2) is 0 Å². The van der Waals surface area contributed by atoms with Crippen molar-refractivity contribution in [3.8, 4) is 44.9 Å². The van der Waals surface area contributed by atoms with Gasteiger partial charge in [-0.05, 0) is 107 Å². The van der Waals surface area contributed by atoms with Gasteiger partial charge < -0.3 is 9.13 Å². The highest BCUT2D eigenvalue weighted by Gasteiger charge is 2.31. The molecule has 10 rings (SSSR count). The Labute approximate surface area is 292 Å². The van der Waals surface area contributed by atoms with E-state index < -0.39 is 0 Å². The second-order valence-electron chi connectivity index (χ2n) is 13.6. The van der Waals surface area contributed by atoms with Crippen molar-refractivity contribution < 1.29 is 0 Å². The first-order valence-electron chi connectivity index (χ1n) is 17.8. The Bertz CT molecular complexity index is 2610. The fraction of sp³-hybridized carbons (Fsp3) is 0.0833. The van der Waals surface area contributed by atoms with E-state index >= 15 is 0 Å². The maximum atomic E-state index is 2.58. The van der Waals surface area contributed by atoms with E-state index in [1.165, 1.54) is 89.1 Å². The SMILES string of the molecule is C1=CCCC(c2cc(-c3ccccc3)cc(-n3c4c(c5ccccc53)CCc3c-4c4ccccc4n3-c3ccc(-c4ccccc4)cc3)c2)=C1. The summed E-state index contributed by atoms with van der Waals surface area (Å²) in [6, 6.07) is 55.9. The molecule has 0 unspecified atom stereocenters. The molecule has 238 valence electrons. The lowest BCUT2D eigenvalue weighted by Gasteiger charge is -2.21. The second kappa shape index (κ2) is 11.8. The third-order valence-electron chi connectivity index (χ3n) is 10.7. The van der Waals surface area contributed by atoms with Crippen LogP contribution in [-0.2, 0) is 12.8 Å². The van der Waals surface area contributed by atoms with Crippen molar-refractivity contribution in [3.63, 3.8) is 0 Å². The molecule has 0 atom stereocenters. The monoisotopic (exact) mass is 640 g/mol. The van der Waals surface area contributed by atoms with E-state index in [1.807, 2.05) is 0 Å². The number of benzene rings is 6. The van der Waals surface area contributed by atoms with E-state index in [4.69, 9.17) is 0 Å². The predicted octanol–water partition coefficient (Wildman–Crippen LogP) is 12.4.